The van der Waals surface area contributed by atoms with Gasteiger partial charge in [0.05, 0.1) is 5.56 Å². The van der Waals surface area contributed by atoms with Gasteiger partial charge in [0.15, 0.2) is 0 Å². The maximum absolute atomic E-state index is 12.2. The molecule has 1 rings (SSSR count). The predicted octanol–water partition coefficient (Wildman–Crippen LogP) is 1.14. The molecule has 7 heteroatoms. The molecule has 0 saturated carbocycles. The molecule has 1 unspecified atom stereocenters. The van der Waals surface area contributed by atoms with Crippen molar-refractivity contribution in [3.8, 4) is 0 Å². The molecule has 0 bridgehead atoms. The fourth-order valence-electron chi connectivity index (χ4n) is 1.20. The number of halogens is 3. The highest BCUT2D eigenvalue weighted by Gasteiger charge is 2.30. The van der Waals surface area contributed by atoms with Crippen molar-refractivity contribution in [1.29, 1.82) is 0 Å². The van der Waals surface area contributed by atoms with Gasteiger partial charge in [-0.2, -0.15) is 13.2 Å². The molecule has 1 aromatic heterocycles. The molecule has 4 nitrogen and oxygen atoms in total. The number of hydrogen-bond donors (Lipinski definition) is 2. The van der Waals surface area contributed by atoms with E-state index in [1.165, 1.54) is 13.0 Å². The lowest BCUT2D eigenvalue weighted by atomic mass is 10.2. The number of nitrogens with zero attached hydrogens (tertiary/aromatic N) is 1. The summed E-state index contributed by atoms with van der Waals surface area (Å²) in [5.41, 5.74) is -0.367. The first-order valence-corrected chi connectivity index (χ1v) is 5.28. The molecule has 18 heavy (non-hydrogen) atoms. The standard InChI is InChI=1S/C11H13F3N2O2/c1-7(17)10(18)15-5-4-9-3-2-8(6-16-9)11(12,13)14/h2-3,6-7,17H,4-5H2,1H3,(H,15,18). The van der Waals surface area contributed by atoms with Crippen LogP contribution in [0, 0.1) is 0 Å². The number of hydrogen-bond acceptors (Lipinski definition) is 3. The maximum Gasteiger partial charge on any atom is 0.417 e. The normalized spacial score (nSPS) is 13.2. The molecular weight excluding hydrogens is 249 g/mol. The van der Waals surface area contributed by atoms with Crippen LogP contribution in [0.25, 0.3) is 0 Å². The predicted molar refractivity (Wildman–Crippen MR) is 57.6 cm³/mol. The molecule has 0 aliphatic heterocycles. The minimum absolute atomic E-state index is 0.210. The summed E-state index contributed by atoms with van der Waals surface area (Å²) in [4.78, 5) is 14.6. The van der Waals surface area contributed by atoms with Crippen molar-refractivity contribution in [3.05, 3.63) is 29.6 Å². The van der Waals surface area contributed by atoms with Crippen LogP contribution >= 0.6 is 0 Å². The minimum Gasteiger partial charge on any atom is -0.384 e. The molecule has 1 aromatic rings. The number of rotatable bonds is 4. The molecule has 1 heterocycles. The highest BCUT2D eigenvalue weighted by atomic mass is 19.4. The molecule has 0 spiro atoms. The van der Waals surface area contributed by atoms with E-state index in [-0.39, 0.29) is 6.54 Å². The number of carbonyl (C=O) groups excluding carboxylic acids is 1. The lowest BCUT2D eigenvalue weighted by Crippen LogP contribution is -2.33. The summed E-state index contributed by atoms with van der Waals surface area (Å²) in [5.74, 6) is -0.526. The Bertz CT molecular complexity index is 402. The van der Waals surface area contributed by atoms with E-state index in [1.807, 2.05) is 0 Å². The maximum atomic E-state index is 12.2. The number of amides is 1. The van der Waals surface area contributed by atoms with Crippen molar-refractivity contribution in [2.45, 2.75) is 25.6 Å². The van der Waals surface area contributed by atoms with Gasteiger partial charge in [-0.3, -0.25) is 9.78 Å². The van der Waals surface area contributed by atoms with Crippen LogP contribution in [-0.2, 0) is 17.4 Å². The summed E-state index contributed by atoms with van der Waals surface area (Å²) in [6.45, 7) is 1.54. The van der Waals surface area contributed by atoms with E-state index in [0.29, 0.717) is 12.1 Å². The molecule has 0 aromatic carbocycles. The fourth-order valence-corrected chi connectivity index (χ4v) is 1.20. The van der Waals surface area contributed by atoms with Gasteiger partial charge in [0.25, 0.3) is 0 Å². The third-order valence-corrected chi connectivity index (χ3v) is 2.21. The van der Waals surface area contributed by atoms with Gasteiger partial charge >= 0.3 is 6.18 Å². The van der Waals surface area contributed by atoms with E-state index in [4.69, 9.17) is 5.11 Å². The summed E-state index contributed by atoms with van der Waals surface area (Å²) in [6, 6.07) is 2.20. The van der Waals surface area contributed by atoms with Gasteiger partial charge in [0.1, 0.15) is 6.10 Å². The van der Waals surface area contributed by atoms with E-state index in [9.17, 15) is 18.0 Å². The van der Waals surface area contributed by atoms with E-state index in [2.05, 4.69) is 10.3 Å². The Morgan fingerprint density at radius 3 is 2.61 bits per heavy atom. The lowest BCUT2D eigenvalue weighted by Gasteiger charge is -2.08. The second-order valence-electron chi connectivity index (χ2n) is 3.75. The molecule has 1 atom stereocenters. The van der Waals surface area contributed by atoms with E-state index >= 15 is 0 Å². The van der Waals surface area contributed by atoms with Crippen LogP contribution in [0.3, 0.4) is 0 Å². The van der Waals surface area contributed by atoms with Crippen molar-refractivity contribution in [2.24, 2.45) is 0 Å². The van der Waals surface area contributed by atoms with Crippen molar-refractivity contribution in [3.63, 3.8) is 0 Å². The number of aliphatic hydroxyl groups is 1. The molecule has 0 fully saturated rings. The monoisotopic (exact) mass is 262 g/mol. The summed E-state index contributed by atoms with van der Waals surface area (Å²) < 4.78 is 36.7. The van der Waals surface area contributed by atoms with Crippen molar-refractivity contribution in [1.82, 2.24) is 10.3 Å². The zero-order chi connectivity index (χ0) is 13.8. The van der Waals surface area contributed by atoms with Gasteiger partial charge in [-0.15, -0.1) is 0 Å². The molecule has 0 aliphatic carbocycles. The topological polar surface area (TPSA) is 62.2 Å². The summed E-state index contributed by atoms with van der Waals surface area (Å²) >= 11 is 0. The third kappa shape index (κ3) is 4.33. The number of aromatic nitrogens is 1. The molecule has 2 N–H and O–H groups in total. The number of carbonyl (C=O) groups is 1. The van der Waals surface area contributed by atoms with Crippen LogP contribution in [0.2, 0.25) is 0 Å². The third-order valence-electron chi connectivity index (χ3n) is 2.21. The molecule has 0 saturated heterocycles. The van der Waals surface area contributed by atoms with Gasteiger partial charge in [0.2, 0.25) is 5.91 Å². The van der Waals surface area contributed by atoms with Gasteiger partial charge in [0, 0.05) is 24.9 Å². The molecule has 1 amide bonds. The average Bonchev–Trinajstić information content (AvgIpc) is 2.28. The van der Waals surface area contributed by atoms with Gasteiger partial charge in [-0.05, 0) is 19.1 Å². The second-order valence-corrected chi connectivity index (χ2v) is 3.75. The number of alkyl halides is 3. The number of nitrogens with one attached hydrogen (secondary N) is 1. The Balaban J connectivity index is 2.47. The van der Waals surface area contributed by atoms with Crippen molar-refractivity contribution < 1.29 is 23.1 Å². The van der Waals surface area contributed by atoms with Crippen LogP contribution in [0.4, 0.5) is 13.2 Å². The fraction of sp³-hybridized carbons (Fsp3) is 0.455. The highest BCUT2D eigenvalue weighted by Crippen LogP contribution is 2.28. The molecular formula is C11H13F3N2O2. The number of aliphatic hydroxyl groups excluding tert-OH is 1. The van der Waals surface area contributed by atoms with Crippen LogP contribution in [-0.4, -0.2) is 28.6 Å². The van der Waals surface area contributed by atoms with E-state index in [0.717, 1.165) is 12.3 Å². The Morgan fingerprint density at radius 1 is 1.50 bits per heavy atom. The average molecular weight is 262 g/mol. The largest absolute Gasteiger partial charge is 0.417 e. The number of pyridine rings is 1. The Hall–Kier alpha value is -1.63. The summed E-state index contributed by atoms with van der Waals surface area (Å²) in [6.07, 6.45) is -4.44. The van der Waals surface area contributed by atoms with Crippen LogP contribution in [0.1, 0.15) is 18.2 Å². The van der Waals surface area contributed by atoms with Crippen molar-refractivity contribution in [2.75, 3.05) is 6.54 Å². The molecule has 100 valence electrons. The molecule has 0 aliphatic rings. The summed E-state index contributed by atoms with van der Waals surface area (Å²) in [5, 5.41) is 11.3. The first-order valence-electron chi connectivity index (χ1n) is 5.28. The Kier molecular flexibility index (Phi) is 4.66. The Morgan fingerprint density at radius 2 is 2.17 bits per heavy atom. The quantitative estimate of drug-likeness (QED) is 0.855. The first kappa shape index (κ1) is 14.4. The van der Waals surface area contributed by atoms with Gasteiger partial charge in [-0.25, -0.2) is 0 Å². The van der Waals surface area contributed by atoms with Crippen LogP contribution < -0.4 is 5.32 Å². The van der Waals surface area contributed by atoms with Gasteiger partial charge < -0.3 is 10.4 Å². The van der Waals surface area contributed by atoms with Crippen molar-refractivity contribution >= 4 is 5.91 Å². The Labute approximate surface area is 102 Å². The van der Waals surface area contributed by atoms with E-state index < -0.39 is 23.8 Å². The smallest absolute Gasteiger partial charge is 0.384 e. The van der Waals surface area contributed by atoms with E-state index in [1.54, 1.807) is 0 Å². The SMILES string of the molecule is CC(O)C(=O)NCCc1ccc(C(F)(F)F)cn1. The van der Waals surface area contributed by atoms with Crippen LogP contribution in [0.15, 0.2) is 18.3 Å². The van der Waals surface area contributed by atoms with Gasteiger partial charge in [-0.1, -0.05) is 0 Å². The second kappa shape index (κ2) is 5.81. The zero-order valence-electron chi connectivity index (χ0n) is 9.66. The highest BCUT2D eigenvalue weighted by molar-refractivity contribution is 5.79. The summed E-state index contributed by atoms with van der Waals surface area (Å²) in [7, 11) is 0. The lowest BCUT2D eigenvalue weighted by molar-refractivity contribution is -0.137. The minimum atomic E-state index is -4.40. The van der Waals surface area contributed by atoms with Crippen LogP contribution in [0.5, 0.6) is 0 Å². The first-order chi connectivity index (χ1) is 8.30. The zero-order valence-corrected chi connectivity index (χ0v) is 9.66. The molecule has 0 radical (unpaired) electrons.